The molecule has 3 N–H and O–H groups in total. The topological polar surface area (TPSA) is 77.8 Å². The van der Waals surface area contributed by atoms with Gasteiger partial charge in [0.15, 0.2) is 0 Å². The van der Waals surface area contributed by atoms with E-state index >= 15 is 0 Å². The van der Waals surface area contributed by atoms with Gasteiger partial charge < -0.3 is 14.7 Å². The van der Waals surface area contributed by atoms with Crippen molar-refractivity contribution in [1.29, 1.82) is 0 Å². The first kappa shape index (κ1) is 17.3. The maximum atomic E-state index is 8.88. The smallest absolute Gasteiger partial charge is 0.303 e. The van der Waals surface area contributed by atoms with E-state index in [4.69, 9.17) is 19.2 Å². The molecule has 1 aliphatic heterocycles. The van der Waals surface area contributed by atoms with Gasteiger partial charge in [-0.1, -0.05) is 64.6 Å². The molecule has 0 aromatic carbocycles. The summed E-state index contributed by atoms with van der Waals surface area (Å²) in [5.41, 5.74) is 1.17. The Labute approximate surface area is 106 Å². The molecule has 0 aromatic rings. The second kappa shape index (κ2) is 7.69. The van der Waals surface area contributed by atoms with Crippen molar-refractivity contribution in [3.05, 3.63) is 0 Å². The molecule has 104 valence electrons. The fourth-order valence-electron chi connectivity index (χ4n) is 3.20. The Bertz CT molecular complexity index is 242. The summed E-state index contributed by atoms with van der Waals surface area (Å²) in [5.74, 6) is 0. The van der Waals surface area contributed by atoms with Gasteiger partial charge in [0, 0.05) is 0 Å². The lowest BCUT2D eigenvalue weighted by atomic mass is 10.1. The molecule has 0 aliphatic carbocycles. The maximum Gasteiger partial charge on any atom is 0.466 e. The molecule has 1 heterocycles. The minimum absolute atomic E-state index is 0.760. The van der Waals surface area contributed by atoms with Crippen molar-refractivity contribution in [3.63, 3.8) is 0 Å². The number of rotatable bonds is 3. The summed E-state index contributed by atoms with van der Waals surface area (Å²) >= 11 is 0. The summed E-state index contributed by atoms with van der Waals surface area (Å²) in [7, 11) is -5.40. The van der Waals surface area contributed by atoms with Crippen LogP contribution in [0.1, 0.15) is 46.5 Å². The van der Waals surface area contributed by atoms with Crippen LogP contribution in [0.4, 0.5) is 0 Å². The van der Waals surface area contributed by atoms with Crippen molar-refractivity contribution in [3.8, 4) is 0 Å². The van der Waals surface area contributed by atoms with Crippen molar-refractivity contribution in [2.45, 2.75) is 70.1 Å². The van der Waals surface area contributed by atoms with E-state index in [0.717, 1.165) is 0 Å². The van der Waals surface area contributed by atoms with Crippen molar-refractivity contribution in [1.82, 2.24) is 0 Å². The van der Waals surface area contributed by atoms with E-state index in [1.54, 1.807) is 31.0 Å². The van der Waals surface area contributed by atoms with Gasteiger partial charge in [0.2, 0.25) is 0 Å². The second-order valence-electron chi connectivity index (χ2n) is 4.93. The van der Waals surface area contributed by atoms with Crippen LogP contribution in [0.15, 0.2) is 0 Å². The Kier molecular flexibility index (Phi) is 7.84. The third-order valence-corrected chi connectivity index (χ3v) is 10.8. The third kappa shape index (κ3) is 6.72. The first-order chi connectivity index (χ1) is 7.79. The van der Waals surface area contributed by atoms with Crippen LogP contribution in [-0.2, 0) is 4.57 Å². The molecule has 1 rings (SSSR count). The minimum Gasteiger partial charge on any atom is -0.303 e. The first-order valence-corrected chi connectivity index (χ1v) is 10.8. The average Bonchev–Trinajstić information content (AvgIpc) is 2.26. The summed E-state index contributed by atoms with van der Waals surface area (Å²) in [6, 6.07) is 4.72. The summed E-state index contributed by atoms with van der Waals surface area (Å²) in [4.78, 5) is 21.6. The lowest BCUT2D eigenvalue weighted by Crippen LogP contribution is -2.40. The molecule has 0 radical (unpaired) electrons. The van der Waals surface area contributed by atoms with Gasteiger partial charge in [-0.2, -0.15) is 0 Å². The second-order valence-corrected chi connectivity index (χ2v) is 11.4. The van der Waals surface area contributed by atoms with Gasteiger partial charge in [-0.25, -0.2) is 4.57 Å². The predicted octanol–water partition coefficient (Wildman–Crippen LogP) is 3.51. The van der Waals surface area contributed by atoms with E-state index in [-0.39, 0.29) is 0 Å². The van der Waals surface area contributed by atoms with Crippen LogP contribution < -0.4 is 0 Å². The molecule has 1 aliphatic rings. The lowest BCUT2D eigenvalue weighted by Gasteiger charge is -2.41. The van der Waals surface area contributed by atoms with Crippen molar-refractivity contribution >= 4 is 15.9 Å². The molecule has 0 bridgehead atoms. The van der Waals surface area contributed by atoms with Crippen molar-refractivity contribution < 1.29 is 19.2 Å². The summed E-state index contributed by atoms with van der Waals surface area (Å²) in [5, 5.41) is 0. The molecular formula is C11H27O4PSi. The molecule has 0 amide bonds. The van der Waals surface area contributed by atoms with Crippen molar-refractivity contribution in [2.24, 2.45) is 0 Å². The van der Waals surface area contributed by atoms with Crippen molar-refractivity contribution in [2.75, 3.05) is 0 Å². The molecule has 1 unspecified atom stereocenters. The fourth-order valence-corrected chi connectivity index (χ4v) is 8.60. The number of hydrogen-bond donors (Lipinski definition) is 3. The highest BCUT2D eigenvalue weighted by molar-refractivity contribution is 7.45. The van der Waals surface area contributed by atoms with Gasteiger partial charge in [0.1, 0.15) is 0 Å². The van der Waals surface area contributed by atoms with Crippen LogP contribution >= 0.6 is 7.82 Å². The SMILES string of the molecule is CCC1CCCC[Si]1(CC)CC.O=P(O)(O)O. The van der Waals surface area contributed by atoms with Gasteiger partial charge in [-0.05, 0) is 5.54 Å². The number of phosphoric acid groups is 1. The zero-order valence-corrected chi connectivity index (χ0v) is 13.1. The Morgan fingerprint density at radius 2 is 1.59 bits per heavy atom. The minimum atomic E-state index is -4.64. The normalized spacial score (nSPS) is 23.8. The highest BCUT2D eigenvalue weighted by Crippen LogP contribution is 2.44. The van der Waals surface area contributed by atoms with Gasteiger partial charge >= 0.3 is 7.82 Å². The summed E-state index contributed by atoms with van der Waals surface area (Å²) < 4.78 is 8.88. The molecule has 1 atom stereocenters. The molecule has 4 nitrogen and oxygen atoms in total. The van der Waals surface area contributed by atoms with Crippen LogP contribution in [0.5, 0.6) is 0 Å². The van der Waals surface area contributed by atoms with E-state index in [0.29, 0.717) is 0 Å². The summed E-state index contributed by atoms with van der Waals surface area (Å²) in [6.07, 6.45) is 6.09. The molecule has 0 spiro atoms. The molecule has 0 aromatic heterocycles. The van der Waals surface area contributed by atoms with E-state index in [1.807, 2.05) is 0 Å². The Hall–Kier alpha value is 0.327. The van der Waals surface area contributed by atoms with Crippen LogP contribution in [0.2, 0.25) is 23.7 Å². The monoisotopic (exact) mass is 282 g/mol. The highest BCUT2D eigenvalue weighted by atomic mass is 31.2. The molecular weight excluding hydrogens is 255 g/mol. The molecule has 1 saturated heterocycles. The Morgan fingerprint density at radius 1 is 1.12 bits per heavy atom. The summed E-state index contributed by atoms with van der Waals surface area (Å²) in [6.45, 7) is 7.30. The number of hydrogen-bond acceptors (Lipinski definition) is 1. The van der Waals surface area contributed by atoms with Crippen LogP contribution in [0, 0.1) is 0 Å². The van der Waals surface area contributed by atoms with Gasteiger partial charge in [0.25, 0.3) is 0 Å². The molecule has 6 heteroatoms. The van der Waals surface area contributed by atoms with Crippen LogP contribution in [0.3, 0.4) is 0 Å². The standard InChI is InChI=1S/C11H24Si.H3O4P/c1-4-11-9-7-8-10-12(11,5-2)6-3;1-5(2,3)4/h11H,4-10H2,1-3H3;(H3,1,2,3,4). The van der Waals surface area contributed by atoms with Gasteiger partial charge in [-0.15, -0.1) is 0 Å². The fraction of sp³-hybridized carbons (Fsp3) is 1.00. The zero-order valence-electron chi connectivity index (χ0n) is 11.2. The maximum absolute atomic E-state index is 8.88. The van der Waals surface area contributed by atoms with Crippen LogP contribution in [0.25, 0.3) is 0 Å². The van der Waals surface area contributed by atoms with E-state index in [1.165, 1.54) is 18.4 Å². The van der Waals surface area contributed by atoms with E-state index < -0.39 is 15.9 Å². The Balaban J connectivity index is 0.000000437. The molecule has 0 saturated carbocycles. The highest BCUT2D eigenvalue weighted by Gasteiger charge is 2.38. The quantitative estimate of drug-likeness (QED) is 0.547. The lowest BCUT2D eigenvalue weighted by molar-refractivity contribution is 0.275. The first-order valence-electron chi connectivity index (χ1n) is 6.57. The van der Waals surface area contributed by atoms with Gasteiger partial charge in [0.05, 0.1) is 8.07 Å². The van der Waals surface area contributed by atoms with Gasteiger partial charge in [-0.3, -0.25) is 0 Å². The largest absolute Gasteiger partial charge is 0.466 e. The average molecular weight is 282 g/mol. The third-order valence-electron chi connectivity index (χ3n) is 4.24. The van der Waals surface area contributed by atoms with E-state index in [2.05, 4.69) is 20.8 Å². The van der Waals surface area contributed by atoms with E-state index in [9.17, 15) is 0 Å². The predicted molar refractivity (Wildman–Crippen MR) is 73.7 cm³/mol. The molecule has 1 fully saturated rings. The molecule has 17 heavy (non-hydrogen) atoms. The zero-order chi connectivity index (χ0) is 13.5. The van der Waals surface area contributed by atoms with Crippen LogP contribution in [-0.4, -0.2) is 22.8 Å². The Morgan fingerprint density at radius 3 is 1.88 bits per heavy atom.